The Morgan fingerprint density at radius 3 is 1.99 bits per heavy atom. The largest absolute Gasteiger partial charge is 0.368 e. The number of fused-ring (bicyclic) bond motifs is 1. The highest BCUT2D eigenvalue weighted by Gasteiger charge is 2.44. The number of likely N-dealkylation sites (tertiary alicyclic amines) is 2. The molecule has 3 heterocycles. The summed E-state index contributed by atoms with van der Waals surface area (Å²) in [6, 6.07) is 17.9. The van der Waals surface area contributed by atoms with Crippen molar-refractivity contribution in [2.75, 3.05) is 19.6 Å². The number of hydrogen-bond donors (Lipinski definition) is 8. The summed E-state index contributed by atoms with van der Waals surface area (Å²) in [7, 11) is 0. The molecule has 7 atom stereocenters. The van der Waals surface area contributed by atoms with Gasteiger partial charge in [-0.05, 0) is 94.2 Å². The third-order valence-corrected chi connectivity index (χ3v) is 13.2. The molecule has 4 aromatic rings. The second kappa shape index (κ2) is 25.5. The van der Waals surface area contributed by atoms with Gasteiger partial charge in [0.25, 0.3) is 5.91 Å². The lowest BCUT2D eigenvalue weighted by molar-refractivity contribution is -0.148. The molecule has 2 saturated heterocycles. The van der Waals surface area contributed by atoms with Gasteiger partial charge in [-0.15, -0.1) is 0 Å². The molecule has 18 heteroatoms. The Morgan fingerprint density at radius 1 is 0.657 bits per heavy atom. The molecule has 18 nitrogen and oxygen atoms in total. The lowest BCUT2D eigenvalue weighted by Crippen LogP contribution is -2.60. The molecule has 374 valence electrons. The van der Waals surface area contributed by atoms with Crippen molar-refractivity contribution < 1.29 is 38.4 Å². The zero-order chi connectivity index (χ0) is 50.2. The first-order valence-corrected chi connectivity index (χ1v) is 24.6. The van der Waals surface area contributed by atoms with Crippen LogP contribution >= 0.6 is 0 Å². The Morgan fingerprint density at radius 2 is 1.29 bits per heavy atom. The van der Waals surface area contributed by atoms with Crippen LogP contribution in [0.15, 0.2) is 91.1 Å². The number of nitrogens with one attached hydrogen (secondary N) is 6. The quantitative estimate of drug-likeness (QED) is 0.0479. The van der Waals surface area contributed by atoms with E-state index < -0.39 is 83.6 Å². The van der Waals surface area contributed by atoms with Crippen LogP contribution in [0.4, 0.5) is 0 Å². The van der Waals surface area contributed by atoms with E-state index in [1.807, 2.05) is 61.5 Å². The van der Waals surface area contributed by atoms with Crippen molar-refractivity contribution in [1.82, 2.24) is 41.4 Å². The van der Waals surface area contributed by atoms with E-state index in [4.69, 9.17) is 11.5 Å². The van der Waals surface area contributed by atoms with Gasteiger partial charge < -0.3 is 52.8 Å². The van der Waals surface area contributed by atoms with Gasteiger partial charge in [0.1, 0.15) is 42.3 Å². The van der Waals surface area contributed by atoms with Crippen LogP contribution < -0.4 is 38.1 Å². The van der Waals surface area contributed by atoms with Crippen molar-refractivity contribution in [1.29, 1.82) is 0 Å². The first-order chi connectivity index (χ1) is 33.8. The lowest BCUT2D eigenvalue weighted by Gasteiger charge is -2.33. The highest BCUT2D eigenvalue weighted by Crippen LogP contribution is 2.27. The molecule has 10 N–H and O–H groups in total. The van der Waals surface area contributed by atoms with Crippen LogP contribution in [0.25, 0.3) is 10.9 Å². The minimum atomic E-state index is -1.25. The van der Waals surface area contributed by atoms with Crippen LogP contribution in [0, 0.1) is 0 Å². The topological polar surface area (TPSA) is 271 Å². The van der Waals surface area contributed by atoms with E-state index in [0.29, 0.717) is 75.6 Å². The summed E-state index contributed by atoms with van der Waals surface area (Å²) < 4.78 is 0. The fourth-order valence-electron chi connectivity index (χ4n) is 9.26. The van der Waals surface area contributed by atoms with Crippen LogP contribution in [0.3, 0.4) is 0 Å². The molecule has 0 spiro atoms. The standard InChI is InChI=1S/C52H68N10O8/c1-3-4-22-39(45(54)63)57-50(68)43-25-15-28-61(43)52(70)44-26-16-29-62(44)51(69)42(30-34-17-7-5-8-18-34)60-49(67)41(31-36-32-55-38-23-12-11-21-37(36)38)59-46(64)33(2)56-48(66)40(24-13-14-27-53)58-47(65)35-19-9-6-10-20-35/h5-12,17-21,23,32-33,39-44,55H,3-4,13-16,22,24-31,53H2,1-2H3,(H2,54,63)(H,56,66)(H,57,68)(H,58,65)(H,59,64)(H,60,67)/t33-,39-,40-,41+,42-,43-,44+/m0/s1. The van der Waals surface area contributed by atoms with Crippen LogP contribution in [-0.2, 0) is 46.4 Å². The first kappa shape index (κ1) is 52.3. The normalized spacial score (nSPS) is 17.7. The van der Waals surface area contributed by atoms with Crippen molar-refractivity contribution in [3.05, 3.63) is 108 Å². The molecule has 0 saturated carbocycles. The second-order valence-electron chi connectivity index (χ2n) is 18.3. The Kier molecular flexibility index (Phi) is 19.1. The molecular weight excluding hydrogens is 893 g/mol. The Hall–Kier alpha value is -7.08. The third kappa shape index (κ3) is 13.8. The lowest BCUT2D eigenvalue weighted by atomic mass is 10.0. The SMILES string of the molecule is CCCC[C@H](NC(=O)[C@@H]1CCCN1C(=O)[C@H]1CCCN1C(=O)[C@H](Cc1ccccc1)NC(=O)[C@@H](Cc1c[nH]c2ccccc12)NC(=O)[C@H](C)NC(=O)[C@H](CCCCN)NC(=O)c1ccccc1)C(N)=O. The predicted molar refractivity (Wildman–Crippen MR) is 264 cm³/mol. The molecule has 8 amide bonds. The second-order valence-corrected chi connectivity index (χ2v) is 18.3. The van der Waals surface area contributed by atoms with Crippen LogP contribution in [0.1, 0.15) is 99.5 Å². The van der Waals surface area contributed by atoms with Gasteiger partial charge >= 0.3 is 0 Å². The van der Waals surface area contributed by atoms with Crippen LogP contribution in [-0.4, -0.2) is 124 Å². The molecule has 0 bridgehead atoms. The number of nitrogens with zero attached hydrogens (tertiary/aromatic N) is 2. The van der Waals surface area contributed by atoms with Gasteiger partial charge in [0.05, 0.1) is 0 Å². The van der Waals surface area contributed by atoms with Gasteiger partial charge in [-0.3, -0.25) is 38.4 Å². The maximum atomic E-state index is 14.9. The number of hydrogen-bond acceptors (Lipinski definition) is 9. The monoisotopic (exact) mass is 961 g/mol. The van der Waals surface area contributed by atoms with Crippen LogP contribution in [0.5, 0.6) is 0 Å². The number of amides is 8. The summed E-state index contributed by atoms with van der Waals surface area (Å²) in [5.74, 6) is -4.41. The van der Waals surface area contributed by atoms with E-state index in [2.05, 4.69) is 31.6 Å². The van der Waals surface area contributed by atoms with Gasteiger partial charge in [-0.25, -0.2) is 0 Å². The number of rotatable bonds is 24. The molecule has 0 aliphatic carbocycles. The third-order valence-electron chi connectivity index (χ3n) is 13.2. The number of unbranched alkanes of at least 4 members (excludes halogenated alkanes) is 2. The minimum absolute atomic E-state index is 0.00163. The average Bonchev–Trinajstić information content (AvgIpc) is 4.16. The number of primary amides is 1. The molecule has 0 unspecified atom stereocenters. The summed E-state index contributed by atoms with van der Waals surface area (Å²) >= 11 is 0. The highest BCUT2D eigenvalue weighted by molar-refractivity contribution is 6.00. The Balaban J connectivity index is 1.21. The van der Waals surface area contributed by atoms with Crippen molar-refractivity contribution in [2.45, 2.75) is 133 Å². The average molecular weight is 961 g/mol. The Bertz CT molecular complexity index is 2450. The van der Waals surface area contributed by atoms with Crippen LogP contribution in [0.2, 0.25) is 0 Å². The van der Waals surface area contributed by atoms with E-state index in [0.717, 1.165) is 22.9 Å². The number of carbonyl (C=O) groups excluding carboxylic acids is 8. The number of H-pyrrole nitrogens is 1. The van der Waals surface area contributed by atoms with E-state index >= 15 is 0 Å². The number of carbonyl (C=O) groups is 8. The molecule has 0 radical (unpaired) electrons. The van der Waals surface area contributed by atoms with E-state index in [1.165, 1.54) is 16.7 Å². The summed E-state index contributed by atoms with van der Waals surface area (Å²) in [6.45, 7) is 4.37. The maximum absolute atomic E-state index is 14.9. The minimum Gasteiger partial charge on any atom is -0.368 e. The summed E-state index contributed by atoms with van der Waals surface area (Å²) in [6.07, 6.45) is 6.90. The smallest absolute Gasteiger partial charge is 0.251 e. The molecule has 2 fully saturated rings. The van der Waals surface area contributed by atoms with E-state index in [-0.39, 0.29) is 31.7 Å². The molecule has 6 rings (SSSR count). The van der Waals surface area contributed by atoms with E-state index in [1.54, 1.807) is 36.5 Å². The van der Waals surface area contributed by atoms with E-state index in [9.17, 15) is 38.4 Å². The predicted octanol–water partition coefficient (Wildman–Crippen LogP) is 2.50. The highest BCUT2D eigenvalue weighted by atomic mass is 16.2. The summed E-state index contributed by atoms with van der Waals surface area (Å²) in [4.78, 5) is 117. The van der Waals surface area contributed by atoms with Crippen molar-refractivity contribution in [3.63, 3.8) is 0 Å². The summed E-state index contributed by atoms with van der Waals surface area (Å²) in [5.41, 5.74) is 14.0. The van der Waals surface area contributed by atoms with Crippen molar-refractivity contribution >= 4 is 58.2 Å². The number of para-hydroxylation sites is 1. The number of benzene rings is 3. The van der Waals surface area contributed by atoms with Gasteiger partial charge in [0.15, 0.2) is 0 Å². The van der Waals surface area contributed by atoms with Gasteiger partial charge in [-0.1, -0.05) is 86.5 Å². The van der Waals surface area contributed by atoms with Crippen molar-refractivity contribution in [3.8, 4) is 0 Å². The molecule has 2 aliphatic rings. The first-order valence-electron chi connectivity index (χ1n) is 24.6. The number of aromatic amines is 1. The molecule has 3 aromatic carbocycles. The van der Waals surface area contributed by atoms with Gasteiger partial charge in [0.2, 0.25) is 41.4 Å². The molecular formula is C52H68N10O8. The molecule has 70 heavy (non-hydrogen) atoms. The fraction of sp³-hybridized carbons (Fsp3) is 0.462. The maximum Gasteiger partial charge on any atom is 0.251 e. The van der Waals surface area contributed by atoms with Gasteiger partial charge in [-0.2, -0.15) is 0 Å². The van der Waals surface area contributed by atoms with Gasteiger partial charge in [0, 0.05) is 48.6 Å². The zero-order valence-corrected chi connectivity index (χ0v) is 40.1. The molecule has 2 aliphatic heterocycles. The number of nitrogens with two attached hydrogens (primary N) is 2. The Labute approximate surface area is 408 Å². The number of aromatic nitrogens is 1. The fourth-order valence-corrected chi connectivity index (χ4v) is 9.26. The zero-order valence-electron chi connectivity index (χ0n) is 40.1. The molecule has 1 aromatic heterocycles. The summed E-state index contributed by atoms with van der Waals surface area (Å²) in [5, 5.41) is 14.9. The van der Waals surface area contributed by atoms with Crippen molar-refractivity contribution in [2.24, 2.45) is 11.5 Å².